The van der Waals surface area contributed by atoms with Gasteiger partial charge in [0, 0.05) is 6.21 Å². The van der Waals surface area contributed by atoms with Gasteiger partial charge in [0.2, 0.25) is 0 Å². The van der Waals surface area contributed by atoms with Crippen LogP contribution in [0, 0.1) is 6.92 Å². The summed E-state index contributed by atoms with van der Waals surface area (Å²) in [6.07, 6.45) is 5.14. The van der Waals surface area contributed by atoms with E-state index in [4.69, 9.17) is 9.47 Å². The Bertz CT molecular complexity index is 976. The van der Waals surface area contributed by atoms with Crippen LogP contribution in [0.15, 0.2) is 77.8 Å². The van der Waals surface area contributed by atoms with E-state index < -0.39 is 5.97 Å². The highest BCUT2D eigenvalue weighted by atomic mass is 16.5. The first kappa shape index (κ1) is 21.3. The lowest BCUT2D eigenvalue weighted by atomic mass is 10.2. The van der Waals surface area contributed by atoms with Crippen molar-refractivity contribution in [1.29, 1.82) is 0 Å². The highest BCUT2D eigenvalue weighted by Gasteiger charge is 2.09. The maximum Gasteiger partial charge on any atom is 0.343 e. The minimum absolute atomic E-state index is 0.395. The van der Waals surface area contributed by atoms with Crippen LogP contribution in [0.5, 0.6) is 11.5 Å². The number of benzene rings is 3. The fraction of sp³-hybridized carbons (Fsp3) is 0.231. The molecule has 154 valence electrons. The zero-order valence-electron chi connectivity index (χ0n) is 17.5. The second kappa shape index (κ2) is 11.0. The van der Waals surface area contributed by atoms with Crippen molar-refractivity contribution in [2.75, 3.05) is 6.61 Å². The Morgan fingerprint density at radius 2 is 1.67 bits per heavy atom. The fourth-order valence-corrected chi connectivity index (χ4v) is 2.87. The van der Waals surface area contributed by atoms with E-state index in [9.17, 15) is 4.79 Å². The number of aryl methyl sites for hydroxylation is 1. The van der Waals surface area contributed by atoms with Gasteiger partial charge in [-0.15, -0.1) is 0 Å². The number of aliphatic imine (C=N–C) groups is 1. The minimum atomic E-state index is -0.395. The Hall–Kier alpha value is -3.40. The van der Waals surface area contributed by atoms with Crippen LogP contribution in [0.25, 0.3) is 0 Å². The van der Waals surface area contributed by atoms with Crippen LogP contribution in [0.4, 0.5) is 5.69 Å². The lowest BCUT2D eigenvalue weighted by molar-refractivity contribution is 0.0734. The van der Waals surface area contributed by atoms with Crippen LogP contribution in [-0.2, 0) is 0 Å². The van der Waals surface area contributed by atoms with E-state index in [1.165, 1.54) is 5.56 Å². The van der Waals surface area contributed by atoms with Gasteiger partial charge in [-0.25, -0.2) is 4.79 Å². The summed E-state index contributed by atoms with van der Waals surface area (Å²) in [6, 6.07) is 22.3. The summed E-state index contributed by atoms with van der Waals surface area (Å²) in [6.45, 7) is 4.89. The number of ether oxygens (including phenoxy) is 2. The van der Waals surface area contributed by atoms with Crippen LogP contribution in [0.1, 0.15) is 47.7 Å². The van der Waals surface area contributed by atoms with Crippen LogP contribution in [-0.4, -0.2) is 18.8 Å². The van der Waals surface area contributed by atoms with Crippen molar-refractivity contribution in [3.8, 4) is 11.5 Å². The number of esters is 1. The highest BCUT2D eigenvalue weighted by Crippen LogP contribution is 2.18. The summed E-state index contributed by atoms with van der Waals surface area (Å²) >= 11 is 0. The van der Waals surface area contributed by atoms with Crippen molar-refractivity contribution in [2.45, 2.75) is 33.1 Å². The number of rotatable bonds is 9. The number of hydrogen-bond acceptors (Lipinski definition) is 4. The van der Waals surface area contributed by atoms with Crippen LogP contribution in [0.2, 0.25) is 0 Å². The van der Waals surface area contributed by atoms with Crippen molar-refractivity contribution in [3.63, 3.8) is 0 Å². The van der Waals surface area contributed by atoms with Crippen molar-refractivity contribution in [1.82, 2.24) is 0 Å². The van der Waals surface area contributed by atoms with Gasteiger partial charge in [0.15, 0.2) is 0 Å². The lowest BCUT2D eigenvalue weighted by Crippen LogP contribution is -2.08. The van der Waals surface area contributed by atoms with Gasteiger partial charge < -0.3 is 9.47 Å². The van der Waals surface area contributed by atoms with E-state index in [0.717, 1.165) is 36.3 Å². The molecule has 0 atom stereocenters. The number of carbonyl (C=O) groups is 1. The van der Waals surface area contributed by atoms with Crippen molar-refractivity contribution in [2.24, 2.45) is 4.99 Å². The molecule has 0 unspecified atom stereocenters. The van der Waals surface area contributed by atoms with Gasteiger partial charge in [0.25, 0.3) is 0 Å². The van der Waals surface area contributed by atoms with Gasteiger partial charge in [0.1, 0.15) is 11.5 Å². The zero-order valence-corrected chi connectivity index (χ0v) is 17.5. The van der Waals surface area contributed by atoms with Gasteiger partial charge in [-0.1, -0.05) is 31.9 Å². The third-order valence-corrected chi connectivity index (χ3v) is 4.56. The molecule has 0 amide bonds. The molecule has 0 fully saturated rings. The summed E-state index contributed by atoms with van der Waals surface area (Å²) in [7, 11) is 0. The average Bonchev–Trinajstić information content (AvgIpc) is 2.77. The molecule has 30 heavy (non-hydrogen) atoms. The van der Waals surface area contributed by atoms with Crippen molar-refractivity contribution in [3.05, 3.63) is 89.5 Å². The summed E-state index contributed by atoms with van der Waals surface area (Å²) in [5.41, 5.74) is 3.49. The third-order valence-electron chi connectivity index (χ3n) is 4.56. The molecule has 3 rings (SSSR count). The van der Waals surface area contributed by atoms with E-state index >= 15 is 0 Å². The van der Waals surface area contributed by atoms with E-state index in [1.807, 2.05) is 43.3 Å². The maximum absolute atomic E-state index is 12.4. The molecule has 0 heterocycles. The number of hydrogen-bond donors (Lipinski definition) is 0. The molecule has 0 aliphatic rings. The Labute approximate surface area is 178 Å². The smallest absolute Gasteiger partial charge is 0.343 e. The Balaban J connectivity index is 1.54. The van der Waals surface area contributed by atoms with Gasteiger partial charge >= 0.3 is 5.97 Å². The maximum atomic E-state index is 12.4. The molecule has 0 bridgehead atoms. The number of unbranched alkanes of at least 4 members (excludes halogenated alkanes) is 2. The molecule has 4 nitrogen and oxygen atoms in total. The summed E-state index contributed by atoms with van der Waals surface area (Å²) < 4.78 is 11.1. The molecule has 0 aliphatic heterocycles. The van der Waals surface area contributed by atoms with Gasteiger partial charge in [-0.3, -0.25) is 4.99 Å². The molecule has 3 aromatic rings. The van der Waals surface area contributed by atoms with Crippen molar-refractivity contribution < 1.29 is 14.3 Å². The minimum Gasteiger partial charge on any atom is -0.494 e. The molecular weight excluding hydrogens is 374 g/mol. The first-order valence-corrected chi connectivity index (χ1v) is 10.3. The zero-order chi connectivity index (χ0) is 21.2. The summed E-state index contributed by atoms with van der Waals surface area (Å²) in [5, 5.41) is 0. The molecule has 0 spiro atoms. The molecule has 0 aliphatic carbocycles. The average molecular weight is 402 g/mol. The molecule has 0 saturated carbocycles. The lowest BCUT2D eigenvalue weighted by Gasteiger charge is -2.07. The Morgan fingerprint density at radius 3 is 2.37 bits per heavy atom. The highest BCUT2D eigenvalue weighted by molar-refractivity contribution is 5.91. The number of carbonyl (C=O) groups excluding carboxylic acids is 1. The topological polar surface area (TPSA) is 47.9 Å². The second-order valence-electron chi connectivity index (χ2n) is 7.14. The predicted octanol–water partition coefficient (Wildman–Crippen LogP) is 6.53. The summed E-state index contributed by atoms with van der Waals surface area (Å²) in [4.78, 5) is 16.8. The third kappa shape index (κ3) is 6.59. The molecule has 0 N–H and O–H groups in total. The first-order valence-electron chi connectivity index (χ1n) is 10.3. The van der Waals surface area contributed by atoms with Crippen LogP contribution >= 0.6 is 0 Å². The molecule has 0 radical (unpaired) electrons. The van der Waals surface area contributed by atoms with Crippen molar-refractivity contribution >= 4 is 17.9 Å². The monoisotopic (exact) mass is 401 g/mol. The summed E-state index contributed by atoms with van der Waals surface area (Å²) in [5.74, 6) is 0.862. The Morgan fingerprint density at radius 1 is 0.933 bits per heavy atom. The largest absolute Gasteiger partial charge is 0.494 e. The SMILES string of the molecule is CCCCCOc1ccc(C(=O)Oc2ccc(C=Nc3cccc(C)c3)cc2)cc1. The molecule has 3 aromatic carbocycles. The van der Waals surface area contributed by atoms with Crippen LogP contribution < -0.4 is 9.47 Å². The van der Waals surface area contributed by atoms with E-state index in [2.05, 4.69) is 11.9 Å². The first-order chi connectivity index (χ1) is 14.6. The fourth-order valence-electron chi connectivity index (χ4n) is 2.87. The van der Waals surface area contributed by atoms with Gasteiger partial charge in [-0.2, -0.15) is 0 Å². The second-order valence-corrected chi connectivity index (χ2v) is 7.14. The van der Waals surface area contributed by atoms with E-state index in [0.29, 0.717) is 17.9 Å². The molecule has 0 saturated heterocycles. The quantitative estimate of drug-likeness (QED) is 0.177. The Kier molecular flexibility index (Phi) is 7.78. The van der Waals surface area contributed by atoms with Gasteiger partial charge in [0.05, 0.1) is 17.9 Å². The molecule has 4 heteroatoms. The van der Waals surface area contributed by atoms with E-state index in [1.54, 1.807) is 42.6 Å². The van der Waals surface area contributed by atoms with Gasteiger partial charge in [-0.05, 0) is 85.1 Å². The van der Waals surface area contributed by atoms with Crippen LogP contribution in [0.3, 0.4) is 0 Å². The standard InChI is InChI=1S/C26H27NO3/c1-3-4-5-17-29-24-15-11-22(12-16-24)26(28)30-25-13-9-21(10-14-25)19-27-23-8-6-7-20(2)18-23/h6-16,18-19H,3-5,17H2,1-2H3. The van der Waals surface area contributed by atoms with E-state index in [-0.39, 0.29) is 0 Å². The predicted molar refractivity (Wildman–Crippen MR) is 121 cm³/mol. The normalized spacial score (nSPS) is 10.9. The number of nitrogens with zero attached hydrogens (tertiary/aromatic N) is 1. The molecular formula is C26H27NO3. The molecule has 0 aromatic heterocycles.